The van der Waals surface area contributed by atoms with Crippen LogP contribution >= 0.6 is 24.2 Å². The van der Waals surface area contributed by atoms with Crippen molar-refractivity contribution in [3.05, 3.63) is 63.7 Å². The smallest absolute Gasteiger partial charge is 0.408 e. The number of aryl methyl sites for hydroxylation is 3. The van der Waals surface area contributed by atoms with Gasteiger partial charge in [0.1, 0.15) is 17.7 Å². The number of anilines is 1. The molecule has 3 amide bonds. The summed E-state index contributed by atoms with van der Waals surface area (Å²) in [5.41, 5.74) is 3.32. The van der Waals surface area contributed by atoms with Gasteiger partial charge in [-0.25, -0.2) is 4.79 Å². The molecule has 0 saturated heterocycles. The van der Waals surface area contributed by atoms with E-state index in [0.717, 1.165) is 36.0 Å². The number of alkyl carbamates (subject to hydrolysis) is 1. The molecule has 0 aliphatic carbocycles. The Kier molecular flexibility index (Phi) is 12.8. The lowest BCUT2D eigenvalue weighted by Crippen LogP contribution is -2.53. The number of nitrogens with zero attached hydrogens (tertiary/aromatic N) is 1. The van der Waals surface area contributed by atoms with E-state index in [-0.39, 0.29) is 5.75 Å². The number of para-hydroxylation sites is 1. The molecule has 2 aromatic carbocycles. The van der Waals surface area contributed by atoms with Gasteiger partial charge < -0.3 is 20.3 Å². The van der Waals surface area contributed by atoms with E-state index in [0.29, 0.717) is 29.2 Å². The molecule has 0 aromatic heterocycles. The van der Waals surface area contributed by atoms with Gasteiger partial charge in [0.15, 0.2) is 0 Å². The Morgan fingerprint density at radius 3 is 2.27 bits per heavy atom. The Balaban J connectivity index is 2.56. The molecule has 0 bridgehead atoms. The van der Waals surface area contributed by atoms with Gasteiger partial charge in [-0.2, -0.15) is 12.6 Å². The number of halogens is 1. The summed E-state index contributed by atoms with van der Waals surface area (Å²) in [6.07, 6.45) is 2.92. The molecule has 0 radical (unpaired) electrons. The van der Waals surface area contributed by atoms with Crippen LogP contribution in [-0.4, -0.2) is 46.7 Å². The van der Waals surface area contributed by atoms with Crippen LogP contribution in [0.3, 0.4) is 0 Å². The summed E-state index contributed by atoms with van der Waals surface area (Å²) in [5, 5.41) is 6.05. The molecule has 0 heterocycles. The van der Waals surface area contributed by atoms with E-state index in [4.69, 9.17) is 16.3 Å². The second-order valence-corrected chi connectivity index (χ2v) is 11.9. The molecule has 2 N–H and O–H groups in total. The fourth-order valence-corrected chi connectivity index (χ4v) is 4.82. The van der Waals surface area contributed by atoms with Gasteiger partial charge >= 0.3 is 6.09 Å². The van der Waals surface area contributed by atoms with Crippen LogP contribution in [-0.2, 0) is 14.3 Å². The number of thiol groups is 1. The van der Waals surface area contributed by atoms with Gasteiger partial charge in [0, 0.05) is 12.3 Å². The predicted octanol–water partition coefficient (Wildman–Crippen LogP) is 7.18. The highest BCUT2D eigenvalue weighted by Crippen LogP contribution is 2.30. The van der Waals surface area contributed by atoms with Crippen molar-refractivity contribution >= 4 is 47.8 Å². The second-order valence-electron chi connectivity index (χ2n) is 11.1. The molecule has 7 nitrogen and oxygen atoms in total. The lowest BCUT2D eigenvalue weighted by Gasteiger charge is -2.34. The van der Waals surface area contributed by atoms with Crippen LogP contribution in [0, 0.1) is 20.8 Å². The summed E-state index contributed by atoms with van der Waals surface area (Å²) in [7, 11) is 0. The highest BCUT2D eigenvalue weighted by atomic mass is 35.5. The Hall–Kier alpha value is -2.71. The molecule has 0 aliphatic heterocycles. The van der Waals surface area contributed by atoms with Crippen molar-refractivity contribution in [3.63, 3.8) is 0 Å². The number of hydrogen-bond acceptors (Lipinski definition) is 5. The van der Waals surface area contributed by atoms with Gasteiger partial charge in [-0.3, -0.25) is 9.59 Å². The molecule has 0 fully saturated rings. The monoisotopic (exact) mass is 589 g/mol. The van der Waals surface area contributed by atoms with Crippen molar-refractivity contribution in [1.82, 2.24) is 10.2 Å². The molecule has 2 aromatic rings. The summed E-state index contributed by atoms with van der Waals surface area (Å²) in [5.74, 6) is -0.765. The van der Waals surface area contributed by atoms with Crippen molar-refractivity contribution in [1.29, 1.82) is 0 Å². The lowest BCUT2D eigenvalue weighted by molar-refractivity contribution is -0.140. The minimum atomic E-state index is -0.992. The van der Waals surface area contributed by atoms with Crippen LogP contribution in [0.1, 0.15) is 81.7 Å². The highest BCUT2D eigenvalue weighted by molar-refractivity contribution is 7.80. The van der Waals surface area contributed by atoms with E-state index in [1.165, 1.54) is 0 Å². The second kappa shape index (κ2) is 15.3. The zero-order valence-electron chi connectivity index (χ0n) is 24.8. The standard InChI is InChI=1S/C31H44ClN3O4S/c1-8-9-10-11-17-35(29(37)25(19-40)33-30(38)39-31(5,6)7)27(23-16-15-20(2)22(4)18-23)28(36)34-26-21(3)13-12-14-24(26)32/h12-16,18,25,27,40H,8-11,17,19H2,1-7H3,(H,33,38)(H,34,36). The van der Waals surface area contributed by atoms with E-state index in [1.807, 2.05) is 51.1 Å². The van der Waals surface area contributed by atoms with Crippen LogP contribution in [0.15, 0.2) is 36.4 Å². The van der Waals surface area contributed by atoms with Crippen molar-refractivity contribution in [2.75, 3.05) is 17.6 Å². The first-order chi connectivity index (χ1) is 18.8. The summed E-state index contributed by atoms with van der Waals surface area (Å²) in [4.78, 5) is 42.3. The molecule has 0 aliphatic rings. The molecule has 9 heteroatoms. The Bertz CT molecular complexity index is 1160. The maximum atomic E-state index is 14.1. The SMILES string of the molecule is CCCCCCN(C(=O)C(CS)NC(=O)OC(C)(C)C)C(C(=O)Nc1c(C)cccc1Cl)c1ccc(C)c(C)c1. The summed E-state index contributed by atoms with van der Waals surface area (Å²) >= 11 is 10.8. The predicted molar refractivity (Wildman–Crippen MR) is 166 cm³/mol. The maximum Gasteiger partial charge on any atom is 0.408 e. The van der Waals surface area contributed by atoms with Gasteiger partial charge in [-0.15, -0.1) is 0 Å². The average molecular weight is 590 g/mol. The van der Waals surface area contributed by atoms with E-state index in [1.54, 1.807) is 31.7 Å². The normalized spacial score (nSPS) is 12.8. The third-order valence-corrected chi connectivity index (χ3v) is 7.26. The van der Waals surface area contributed by atoms with Crippen LogP contribution in [0.2, 0.25) is 5.02 Å². The third-order valence-electron chi connectivity index (χ3n) is 6.58. The zero-order valence-corrected chi connectivity index (χ0v) is 26.4. The highest BCUT2D eigenvalue weighted by Gasteiger charge is 2.36. The number of amides is 3. The molecule has 0 spiro atoms. The van der Waals surface area contributed by atoms with Crippen molar-refractivity contribution < 1.29 is 19.1 Å². The Morgan fingerprint density at radius 2 is 1.70 bits per heavy atom. The van der Waals surface area contributed by atoms with Crippen LogP contribution in [0.5, 0.6) is 0 Å². The number of benzene rings is 2. The van der Waals surface area contributed by atoms with E-state index >= 15 is 0 Å². The number of rotatable bonds is 12. The van der Waals surface area contributed by atoms with Gasteiger partial charge in [-0.1, -0.05) is 68.1 Å². The molecule has 2 rings (SSSR count). The summed E-state index contributed by atoms with van der Waals surface area (Å²) in [6.45, 7) is 13.5. The Labute approximate surface area is 249 Å². The molecular weight excluding hydrogens is 546 g/mol. The molecule has 220 valence electrons. The minimum Gasteiger partial charge on any atom is -0.444 e. The number of carbonyl (C=O) groups excluding carboxylic acids is 3. The topological polar surface area (TPSA) is 87.7 Å². The van der Waals surface area contributed by atoms with Crippen molar-refractivity contribution in [2.45, 2.75) is 91.8 Å². The third kappa shape index (κ3) is 9.73. The van der Waals surface area contributed by atoms with Crippen LogP contribution < -0.4 is 10.6 Å². The van der Waals surface area contributed by atoms with E-state index in [2.05, 4.69) is 30.2 Å². The quantitative estimate of drug-likeness (QED) is 0.181. The first kappa shape index (κ1) is 33.5. The van der Waals surface area contributed by atoms with E-state index < -0.39 is 35.6 Å². The number of carbonyl (C=O) groups is 3. The largest absolute Gasteiger partial charge is 0.444 e. The fourth-order valence-electron chi connectivity index (χ4n) is 4.30. The van der Waals surface area contributed by atoms with Crippen molar-refractivity contribution in [3.8, 4) is 0 Å². The molecular formula is C31H44ClN3O4S. The zero-order chi connectivity index (χ0) is 30.0. The molecule has 2 unspecified atom stereocenters. The number of unbranched alkanes of at least 4 members (excludes halogenated alkanes) is 3. The maximum absolute atomic E-state index is 14.1. The van der Waals surface area contributed by atoms with Gasteiger partial charge in [0.2, 0.25) is 5.91 Å². The van der Waals surface area contributed by atoms with Gasteiger partial charge in [0.05, 0.1) is 10.7 Å². The summed E-state index contributed by atoms with van der Waals surface area (Å²) in [6, 6.07) is 9.18. The number of hydrogen-bond donors (Lipinski definition) is 3. The fraction of sp³-hybridized carbons (Fsp3) is 0.516. The number of ether oxygens (including phenoxy) is 1. The average Bonchev–Trinajstić information content (AvgIpc) is 2.87. The lowest BCUT2D eigenvalue weighted by atomic mass is 9.98. The van der Waals surface area contributed by atoms with Gasteiger partial charge in [-0.05, 0) is 76.3 Å². The summed E-state index contributed by atoms with van der Waals surface area (Å²) < 4.78 is 5.39. The van der Waals surface area contributed by atoms with Gasteiger partial charge in [0.25, 0.3) is 5.91 Å². The van der Waals surface area contributed by atoms with Crippen molar-refractivity contribution in [2.24, 2.45) is 0 Å². The molecule has 2 atom stereocenters. The van der Waals surface area contributed by atoms with E-state index in [9.17, 15) is 14.4 Å². The number of nitrogens with one attached hydrogen (secondary N) is 2. The molecule has 40 heavy (non-hydrogen) atoms. The molecule has 0 saturated carbocycles. The first-order valence-corrected chi connectivity index (χ1v) is 14.8. The Morgan fingerprint density at radius 1 is 1.00 bits per heavy atom. The van der Waals surface area contributed by atoms with Crippen LogP contribution in [0.25, 0.3) is 0 Å². The minimum absolute atomic E-state index is 0.0361. The van der Waals surface area contributed by atoms with Crippen LogP contribution in [0.4, 0.5) is 10.5 Å². The first-order valence-electron chi connectivity index (χ1n) is 13.8.